The first-order valence-electron chi connectivity index (χ1n) is 7.30. The van der Waals surface area contributed by atoms with Crippen LogP contribution in [0, 0.1) is 0 Å². The van der Waals surface area contributed by atoms with Gasteiger partial charge < -0.3 is 14.8 Å². The number of carbonyl (C=O) groups is 1. The average Bonchev–Trinajstić information content (AvgIpc) is 2.55. The van der Waals surface area contributed by atoms with Crippen molar-refractivity contribution in [2.75, 3.05) is 19.0 Å². The summed E-state index contributed by atoms with van der Waals surface area (Å²) < 4.78 is 10.9. The van der Waals surface area contributed by atoms with Crippen LogP contribution in [0.4, 0.5) is 5.69 Å². The molecule has 0 saturated heterocycles. The normalized spacial score (nSPS) is 11.7. The summed E-state index contributed by atoms with van der Waals surface area (Å²) in [5, 5.41) is 2.86. The molecule has 2 aromatic rings. The van der Waals surface area contributed by atoms with Crippen LogP contribution >= 0.6 is 0 Å². The quantitative estimate of drug-likeness (QED) is 0.846. The van der Waals surface area contributed by atoms with Gasteiger partial charge in [-0.15, -0.1) is 0 Å². The number of rotatable bonds is 7. The number of para-hydroxylation sites is 2. The van der Waals surface area contributed by atoms with Crippen LogP contribution in [0.25, 0.3) is 0 Å². The van der Waals surface area contributed by atoms with E-state index in [1.165, 1.54) is 0 Å². The van der Waals surface area contributed by atoms with E-state index in [0.717, 1.165) is 5.56 Å². The lowest BCUT2D eigenvalue weighted by Crippen LogP contribution is -2.15. The lowest BCUT2D eigenvalue weighted by Gasteiger charge is -2.18. The maximum atomic E-state index is 11.8. The van der Waals surface area contributed by atoms with Crippen LogP contribution in [0.15, 0.2) is 54.6 Å². The van der Waals surface area contributed by atoms with Gasteiger partial charge in [-0.1, -0.05) is 42.5 Å². The third-order valence-corrected chi connectivity index (χ3v) is 3.27. The van der Waals surface area contributed by atoms with Gasteiger partial charge in [0, 0.05) is 7.11 Å². The molecule has 0 aliphatic carbocycles. The van der Waals surface area contributed by atoms with Crippen LogP contribution in [-0.4, -0.2) is 19.6 Å². The van der Waals surface area contributed by atoms with Crippen LogP contribution in [0.2, 0.25) is 0 Å². The fraction of sp³-hybridized carbons (Fsp3) is 0.278. The van der Waals surface area contributed by atoms with E-state index in [2.05, 4.69) is 5.32 Å². The van der Waals surface area contributed by atoms with Crippen molar-refractivity contribution >= 4 is 11.6 Å². The topological polar surface area (TPSA) is 47.6 Å². The van der Waals surface area contributed by atoms with Gasteiger partial charge in [-0.2, -0.15) is 0 Å². The highest BCUT2D eigenvalue weighted by Crippen LogP contribution is 2.29. The molecule has 2 aromatic carbocycles. The van der Waals surface area contributed by atoms with Gasteiger partial charge in [0.2, 0.25) is 5.91 Å². The van der Waals surface area contributed by atoms with E-state index >= 15 is 0 Å². The van der Waals surface area contributed by atoms with Gasteiger partial charge in [0.15, 0.2) is 0 Å². The second kappa shape index (κ2) is 8.20. The molecule has 0 fully saturated rings. The average molecular weight is 299 g/mol. The Kier molecular flexibility index (Phi) is 5.98. The molecule has 0 aliphatic rings. The number of anilines is 1. The molecule has 0 saturated carbocycles. The van der Waals surface area contributed by atoms with E-state index in [9.17, 15) is 4.79 Å². The molecule has 22 heavy (non-hydrogen) atoms. The highest BCUT2D eigenvalue weighted by molar-refractivity contribution is 5.92. The monoisotopic (exact) mass is 299 g/mol. The zero-order chi connectivity index (χ0) is 15.8. The third-order valence-electron chi connectivity index (χ3n) is 3.27. The van der Waals surface area contributed by atoms with E-state index in [-0.39, 0.29) is 12.0 Å². The Labute approximate surface area is 131 Å². The summed E-state index contributed by atoms with van der Waals surface area (Å²) in [5.74, 6) is 0.565. The van der Waals surface area contributed by atoms with Crippen molar-refractivity contribution in [3.8, 4) is 5.75 Å². The molecule has 116 valence electrons. The summed E-state index contributed by atoms with van der Waals surface area (Å²) in [6.07, 6.45) is 0.220. The molecule has 0 aromatic heterocycles. The minimum Gasteiger partial charge on any atom is -0.484 e. The van der Waals surface area contributed by atoms with Crippen LogP contribution in [-0.2, 0) is 9.53 Å². The van der Waals surface area contributed by atoms with Gasteiger partial charge in [0.1, 0.15) is 11.9 Å². The molecule has 4 heteroatoms. The molecule has 0 heterocycles. The maximum absolute atomic E-state index is 11.8. The molecule has 1 amide bonds. The number of benzene rings is 2. The molecular weight excluding hydrogens is 278 g/mol. The predicted octanol–water partition coefficient (Wildman–Crippen LogP) is 3.80. The summed E-state index contributed by atoms with van der Waals surface area (Å²) in [6.45, 7) is 2.38. The van der Waals surface area contributed by atoms with Crippen LogP contribution < -0.4 is 10.1 Å². The predicted molar refractivity (Wildman–Crippen MR) is 87.0 cm³/mol. The smallest absolute Gasteiger partial charge is 0.226 e. The Morgan fingerprint density at radius 1 is 1.09 bits per heavy atom. The lowest BCUT2D eigenvalue weighted by molar-refractivity contribution is -0.117. The van der Waals surface area contributed by atoms with E-state index in [4.69, 9.17) is 9.47 Å². The fourth-order valence-corrected chi connectivity index (χ4v) is 2.06. The maximum Gasteiger partial charge on any atom is 0.226 e. The fourth-order valence-electron chi connectivity index (χ4n) is 2.06. The van der Waals surface area contributed by atoms with Gasteiger partial charge in [-0.25, -0.2) is 0 Å². The van der Waals surface area contributed by atoms with Crippen molar-refractivity contribution in [2.24, 2.45) is 0 Å². The summed E-state index contributed by atoms with van der Waals surface area (Å²) in [5.41, 5.74) is 1.76. The number of methoxy groups -OCH3 is 1. The Bertz CT molecular complexity index is 598. The second-order valence-electron chi connectivity index (χ2n) is 4.96. The Morgan fingerprint density at radius 2 is 1.77 bits per heavy atom. The molecule has 2 rings (SSSR count). The highest BCUT2D eigenvalue weighted by Gasteiger charge is 2.11. The first-order chi connectivity index (χ1) is 10.7. The molecule has 0 bridgehead atoms. The number of amides is 1. The second-order valence-corrected chi connectivity index (χ2v) is 4.96. The van der Waals surface area contributed by atoms with Crippen molar-refractivity contribution < 1.29 is 14.3 Å². The molecule has 1 atom stereocenters. The Morgan fingerprint density at radius 3 is 2.50 bits per heavy atom. The van der Waals surface area contributed by atoms with E-state index in [1.54, 1.807) is 7.11 Å². The Balaban J connectivity index is 2.06. The summed E-state index contributed by atoms with van der Waals surface area (Å²) in [6, 6.07) is 17.4. The van der Waals surface area contributed by atoms with Gasteiger partial charge in [0.25, 0.3) is 0 Å². The van der Waals surface area contributed by atoms with Gasteiger partial charge in [-0.05, 0) is 24.6 Å². The largest absolute Gasteiger partial charge is 0.484 e. The number of ether oxygens (including phenoxy) is 2. The summed E-state index contributed by atoms with van der Waals surface area (Å²) in [4.78, 5) is 11.8. The molecule has 0 spiro atoms. The minimum absolute atomic E-state index is 0.0923. The van der Waals surface area contributed by atoms with Crippen molar-refractivity contribution in [3.05, 3.63) is 60.2 Å². The molecule has 0 aliphatic heterocycles. The number of hydrogen-bond acceptors (Lipinski definition) is 3. The standard InChI is InChI=1S/C18H21NO3/c1-14(15-8-4-3-5-9-15)22-17-11-7-6-10-16(17)19-18(20)12-13-21-2/h3-11,14H,12-13H2,1-2H3,(H,19,20)/t14-/m0/s1. The number of nitrogens with one attached hydrogen (secondary N) is 1. The van der Waals surface area contributed by atoms with Crippen LogP contribution in [0.3, 0.4) is 0 Å². The van der Waals surface area contributed by atoms with Gasteiger partial charge in [0.05, 0.1) is 18.7 Å². The van der Waals surface area contributed by atoms with Crippen molar-refractivity contribution in [2.45, 2.75) is 19.4 Å². The van der Waals surface area contributed by atoms with Crippen LogP contribution in [0.1, 0.15) is 25.0 Å². The SMILES string of the molecule is COCCC(=O)Nc1ccccc1O[C@@H](C)c1ccccc1. The zero-order valence-corrected chi connectivity index (χ0v) is 12.9. The van der Waals surface area contributed by atoms with Crippen LogP contribution in [0.5, 0.6) is 5.75 Å². The van der Waals surface area contributed by atoms with Crippen molar-refractivity contribution in [1.82, 2.24) is 0 Å². The number of carbonyl (C=O) groups excluding carboxylic acids is 1. The molecule has 4 nitrogen and oxygen atoms in total. The first kappa shape index (κ1) is 16.0. The number of hydrogen-bond donors (Lipinski definition) is 1. The highest BCUT2D eigenvalue weighted by atomic mass is 16.5. The Hall–Kier alpha value is -2.33. The molecule has 1 N–H and O–H groups in total. The van der Waals surface area contributed by atoms with E-state index in [0.29, 0.717) is 24.5 Å². The zero-order valence-electron chi connectivity index (χ0n) is 12.9. The van der Waals surface area contributed by atoms with E-state index < -0.39 is 0 Å². The summed E-state index contributed by atoms with van der Waals surface area (Å²) >= 11 is 0. The van der Waals surface area contributed by atoms with Gasteiger partial charge >= 0.3 is 0 Å². The van der Waals surface area contributed by atoms with E-state index in [1.807, 2.05) is 61.5 Å². The molecular formula is C18H21NO3. The van der Waals surface area contributed by atoms with Crippen molar-refractivity contribution in [3.63, 3.8) is 0 Å². The molecule has 0 radical (unpaired) electrons. The summed E-state index contributed by atoms with van der Waals surface area (Å²) in [7, 11) is 1.58. The third kappa shape index (κ3) is 4.60. The minimum atomic E-state index is -0.0989. The lowest BCUT2D eigenvalue weighted by atomic mass is 10.1. The molecule has 0 unspecified atom stereocenters. The first-order valence-corrected chi connectivity index (χ1v) is 7.30. The van der Waals surface area contributed by atoms with Gasteiger partial charge in [-0.3, -0.25) is 4.79 Å². The van der Waals surface area contributed by atoms with Crippen molar-refractivity contribution in [1.29, 1.82) is 0 Å².